The first-order valence-corrected chi connectivity index (χ1v) is 15.3. The second-order valence-corrected chi connectivity index (χ2v) is 11.7. The van der Waals surface area contributed by atoms with Crippen LogP contribution in [0.3, 0.4) is 0 Å². The summed E-state index contributed by atoms with van der Waals surface area (Å²) >= 11 is 0. The van der Waals surface area contributed by atoms with Crippen LogP contribution in [0.1, 0.15) is 0 Å². The normalized spacial score (nSPS) is 24.9. The number of fused-ring (bicyclic) bond motifs is 4. The summed E-state index contributed by atoms with van der Waals surface area (Å²) in [6.07, 6.45) is 51.8. The molecule has 5 heterocycles. The SMILES string of the molecule is C1=CC(C2=C3C=CC(=N3)C(C3C=CC=C3)=C3C=CC(=N3)C(C3C=CC=C3)=C3C=CC(=N3)C(C3C=CC=C3)=C3C=CC2=N3)C=C1. The largest absolute Gasteiger partial charge is 0.248 e. The molecule has 9 rings (SSSR count). The van der Waals surface area contributed by atoms with Gasteiger partial charge in [0.1, 0.15) is 0 Å². The first-order valence-electron chi connectivity index (χ1n) is 15.3. The van der Waals surface area contributed by atoms with Gasteiger partial charge in [0, 0.05) is 46.0 Å². The minimum Gasteiger partial charge on any atom is -0.248 e. The lowest BCUT2D eigenvalue weighted by Gasteiger charge is -2.16. The molecule has 208 valence electrons. The zero-order valence-electron chi connectivity index (χ0n) is 24.0. The van der Waals surface area contributed by atoms with Gasteiger partial charge in [-0.15, -0.1) is 0 Å². The van der Waals surface area contributed by atoms with E-state index < -0.39 is 0 Å². The van der Waals surface area contributed by atoms with E-state index in [9.17, 15) is 0 Å². The molecule has 44 heavy (non-hydrogen) atoms. The maximum atomic E-state index is 5.30. The molecular weight excluding hydrogens is 536 g/mol. The van der Waals surface area contributed by atoms with Crippen molar-refractivity contribution < 1.29 is 0 Å². The third-order valence-electron chi connectivity index (χ3n) is 9.09. The Labute approximate surface area is 256 Å². The van der Waals surface area contributed by atoms with Gasteiger partial charge in [-0.05, 0) is 48.6 Å². The van der Waals surface area contributed by atoms with E-state index in [4.69, 9.17) is 20.0 Å². The van der Waals surface area contributed by atoms with Crippen LogP contribution in [0.4, 0.5) is 0 Å². The highest BCUT2D eigenvalue weighted by Crippen LogP contribution is 2.39. The van der Waals surface area contributed by atoms with E-state index in [-0.39, 0.29) is 23.7 Å². The van der Waals surface area contributed by atoms with E-state index >= 15 is 0 Å². The average molecular weight is 565 g/mol. The molecule has 0 saturated heterocycles. The number of hydrogen-bond donors (Lipinski definition) is 0. The third kappa shape index (κ3) is 4.06. The molecule has 4 aliphatic carbocycles. The van der Waals surface area contributed by atoms with Gasteiger partial charge >= 0.3 is 0 Å². The van der Waals surface area contributed by atoms with E-state index in [0.717, 1.165) is 67.9 Å². The predicted octanol–water partition coefficient (Wildman–Crippen LogP) is 8.03. The van der Waals surface area contributed by atoms with Crippen LogP contribution >= 0.6 is 0 Å². The Kier molecular flexibility index (Phi) is 5.73. The zero-order chi connectivity index (χ0) is 29.0. The standard InChI is InChI=1S/C40H28N4/c1-2-10-25(9-1)37-29-17-19-31(41-29)38(26-11-3-4-12-26)33-21-23-35(43-33)40(28-15-7-8-16-28)36-24-22-34(44-36)39(27-13-5-6-14-27)32-20-18-30(37)42-32/h1-28H. The van der Waals surface area contributed by atoms with Crippen molar-refractivity contribution >= 4 is 22.8 Å². The van der Waals surface area contributed by atoms with E-state index in [1.807, 2.05) is 0 Å². The van der Waals surface area contributed by atoms with Gasteiger partial charge in [-0.3, -0.25) is 0 Å². The maximum absolute atomic E-state index is 5.30. The monoisotopic (exact) mass is 564 g/mol. The summed E-state index contributed by atoms with van der Waals surface area (Å²) in [4.78, 5) is 21.2. The van der Waals surface area contributed by atoms with E-state index in [1.54, 1.807) is 0 Å². The third-order valence-corrected chi connectivity index (χ3v) is 9.09. The average Bonchev–Trinajstić information content (AvgIpc) is 3.90. The van der Waals surface area contributed by atoms with Crippen molar-refractivity contribution in [3.05, 3.63) is 191 Å². The number of aliphatic imine (C=N–C) groups is 4. The van der Waals surface area contributed by atoms with Gasteiger partial charge in [0.25, 0.3) is 0 Å². The molecule has 0 radical (unpaired) electrons. The summed E-state index contributed by atoms with van der Waals surface area (Å²) < 4.78 is 0. The molecule has 0 spiro atoms. The molecule has 4 nitrogen and oxygen atoms in total. The van der Waals surface area contributed by atoms with Crippen LogP contribution in [0.2, 0.25) is 0 Å². The predicted molar refractivity (Wildman–Crippen MR) is 181 cm³/mol. The summed E-state index contributed by atoms with van der Waals surface area (Å²) in [6, 6.07) is 0. The molecule has 0 atom stereocenters. The minimum atomic E-state index is 0.0980. The van der Waals surface area contributed by atoms with Crippen molar-refractivity contribution in [3.63, 3.8) is 0 Å². The van der Waals surface area contributed by atoms with Crippen LogP contribution in [0.15, 0.2) is 211 Å². The molecule has 0 saturated carbocycles. The molecule has 0 aromatic rings. The Hall–Kier alpha value is -5.48. The highest BCUT2D eigenvalue weighted by atomic mass is 14.9. The van der Waals surface area contributed by atoms with Gasteiger partial charge in [0.05, 0.1) is 45.6 Å². The minimum absolute atomic E-state index is 0.0980. The van der Waals surface area contributed by atoms with Gasteiger partial charge in [-0.25, -0.2) is 20.0 Å². The molecule has 9 aliphatic rings. The fraction of sp³-hybridized carbons (Fsp3) is 0.100. The smallest absolute Gasteiger partial charge is 0.0700 e. The molecular formula is C40H28N4. The Morgan fingerprint density at radius 3 is 0.682 bits per heavy atom. The maximum Gasteiger partial charge on any atom is 0.0700 e. The first-order chi connectivity index (χ1) is 21.8. The second-order valence-electron chi connectivity index (χ2n) is 11.7. The molecule has 0 amide bonds. The van der Waals surface area contributed by atoms with Crippen LogP contribution in [0.5, 0.6) is 0 Å². The summed E-state index contributed by atoms with van der Waals surface area (Å²) in [7, 11) is 0. The Morgan fingerprint density at radius 2 is 0.477 bits per heavy atom. The number of hydrogen-bond acceptors (Lipinski definition) is 4. The molecule has 8 bridgehead atoms. The lowest BCUT2D eigenvalue weighted by molar-refractivity contribution is 1.00. The lowest BCUT2D eigenvalue weighted by Crippen LogP contribution is -2.12. The number of allylic oxidation sites excluding steroid dienone is 28. The van der Waals surface area contributed by atoms with E-state index in [0.29, 0.717) is 0 Å². The second kappa shape index (κ2) is 10.1. The van der Waals surface area contributed by atoms with Gasteiger partial charge in [-0.2, -0.15) is 0 Å². The van der Waals surface area contributed by atoms with Crippen molar-refractivity contribution in [2.75, 3.05) is 0 Å². The molecule has 0 aromatic heterocycles. The van der Waals surface area contributed by atoms with Crippen molar-refractivity contribution in [2.45, 2.75) is 0 Å². The molecule has 0 unspecified atom stereocenters. The van der Waals surface area contributed by atoms with Crippen molar-refractivity contribution in [1.29, 1.82) is 0 Å². The van der Waals surface area contributed by atoms with Gasteiger partial charge in [0.2, 0.25) is 0 Å². The first kappa shape index (κ1) is 25.1. The van der Waals surface area contributed by atoms with Gasteiger partial charge in [-0.1, -0.05) is 97.2 Å². The van der Waals surface area contributed by atoms with Gasteiger partial charge in [0.15, 0.2) is 0 Å². The molecule has 0 fully saturated rings. The Morgan fingerprint density at radius 1 is 0.273 bits per heavy atom. The van der Waals surface area contributed by atoms with E-state index in [1.165, 1.54) is 0 Å². The van der Waals surface area contributed by atoms with Crippen LogP contribution in [-0.2, 0) is 0 Å². The van der Waals surface area contributed by atoms with Crippen molar-refractivity contribution in [3.8, 4) is 0 Å². The Bertz CT molecular complexity index is 1710. The number of rotatable bonds is 4. The fourth-order valence-electron chi connectivity index (χ4n) is 7.04. The Balaban J connectivity index is 1.33. The molecule has 0 N–H and O–H groups in total. The van der Waals surface area contributed by atoms with Crippen LogP contribution in [0.25, 0.3) is 0 Å². The van der Waals surface area contributed by atoms with Crippen molar-refractivity contribution in [2.24, 2.45) is 43.6 Å². The highest BCUT2D eigenvalue weighted by molar-refractivity contribution is 6.20. The quantitative estimate of drug-likeness (QED) is 0.332. The summed E-state index contributed by atoms with van der Waals surface area (Å²) in [5.74, 6) is 0.392. The van der Waals surface area contributed by atoms with Gasteiger partial charge < -0.3 is 0 Å². The van der Waals surface area contributed by atoms with Crippen LogP contribution in [-0.4, -0.2) is 22.8 Å². The molecule has 5 aliphatic heterocycles. The zero-order valence-corrected chi connectivity index (χ0v) is 24.0. The van der Waals surface area contributed by atoms with Crippen LogP contribution < -0.4 is 0 Å². The van der Waals surface area contributed by atoms with Crippen LogP contribution in [0, 0.1) is 23.7 Å². The van der Waals surface area contributed by atoms with Crippen molar-refractivity contribution in [1.82, 2.24) is 0 Å². The molecule has 4 heteroatoms. The fourth-order valence-corrected chi connectivity index (χ4v) is 7.04. The summed E-state index contributed by atoms with van der Waals surface area (Å²) in [6.45, 7) is 0. The number of nitrogens with zero attached hydrogens (tertiary/aromatic N) is 4. The lowest BCUT2D eigenvalue weighted by atomic mass is 9.94. The summed E-state index contributed by atoms with van der Waals surface area (Å²) in [5, 5.41) is 0. The highest BCUT2D eigenvalue weighted by Gasteiger charge is 2.31. The van der Waals surface area contributed by atoms with E-state index in [2.05, 4.69) is 146 Å². The molecule has 0 aromatic carbocycles. The topological polar surface area (TPSA) is 49.4 Å². The summed E-state index contributed by atoms with van der Waals surface area (Å²) in [5.41, 5.74) is 12.0.